The van der Waals surface area contributed by atoms with Gasteiger partial charge >= 0.3 is 0 Å². The van der Waals surface area contributed by atoms with Crippen molar-refractivity contribution < 1.29 is 4.39 Å². The SMILES string of the molecule is C=NC1=C(/C=C\C)CCCC1N(CCCCN)Cc1nc2cc(F)ccc2[nH]1. The Bertz CT molecular complexity index is 867. The number of benzene rings is 1. The minimum absolute atomic E-state index is 0.208. The molecule has 0 amide bonds. The summed E-state index contributed by atoms with van der Waals surface area (Å²) in [6.07, 6.45) is 9.43. The summed E-state index contributed by atoms with van der Waals surface area (Å²) in [5, 5.41) is 0. The van der Waals surface area contributed by atoms with E-state index in [4.69, 9.17) is 5.73 Å². The van der Waals surface area contributed by atoms with Crippen LogP contribution in [-0.4, -0.2) is 40.7 Å². The highest BCUT2D eigenvalue weighted by Crippen LogP contribution is 2.31. The van der Waals surface area contributed by atoms with E-state index >= 15 is 0 Å². The van der Waals surface area contributed by atoms with Gasteiger partial charge in [-0.25, -0.2) is 9.37 Å². The molecule has 0 aliphatic heterocycles. The Balaban J connectivity index is 1.88. The fourth-order valence-electron chi connectivity index (χ4n) is 4.00. The van der Waals surface area contributed by atoms with Gasteiger partial charge in [0.1, 0.15) is 11.6 Å². The number of nitrogens with two attached hydrogens (primary N) is 1. The standard InChI is InChI=1S/C22H30FN5/c1-3-7-16-8-6-9-20(22(16)25-2)28(13-5-4-12-24)15-21-26-18-11-10-17(23)14-19(18)27-21/h3,7,10-11,14,20H,2,4-6,8-9,12-13,15,24H2,1H3,(H,26,27)/b7-3-. The predicted octanol–water partition coefficient (Wildman–Crippen LogP) is 4.33. The minimum Gasteiger partial charge on any atom is -0.341 e. The number of nitrogens with zero attached hydrogens (tertiary/aromatic N) is 3. The first-order valence-corrected chi connectivity index (χ1v) is 10.1. The second kappa shape index (κ2) is 9.75. The van der Waals surface area contributed by atoms with Crippen LogP contribution in [0.3, 0.4) is 0 Å². The van der Waals surface area contributed by atoms with Gasteiger partial charge in [0.2, 0.25) is 0 Å². The predicted molar refractivity (Wildman–Crippen MR) is 114 cm³/mol. The zero-order valence-electron chi connectivity index (χ0n) is 16.6. The van der Waals surface area contributed by atoms with Crippen molar-refractivity contribution in [1.29, 1.82) is 0 Å². The number of unbranched alkanes of at least 4 members (excludes halogenated alkanes) is 1. The van der Waals surface area contributed by atoms with Gasteiger partial charge in [-0.05, 0) is 76.5 Å². The number of aromatic nitrogens is 2. The molecule has 3 N–H and O–H groups in total. The quantitative estimate of drug-likeness (QED) is 0.500. The van der Waals surface area contributed by atoms with Crippen molar-refractivity contribution in [2.24, 2.45) is 10.7 Å². The fraction of sp³-hybridized carbons (Fsp3) is 0.455. The lowest BCUT2D eigenvalue weighted by atomic mass is 9.90. The van der Waals surface area contributed by atoms with E-state index in [1.54, 1.807) is 6.07 Å². The van der Waals surface area contributed by atoms with Crippen LogP contribution in [0.15, 0.2) is 46.6 Å². The zero-order valence-corrected chi connectivity index (χ0v) is 16.6. The summed E-state index contributed by atoms with van der Waals surface area (Å²) in [6.45, 7) is 8.14. The maximum Gasteiger partial charge on any atom is 0.125 e. The smallest absolute Gasteiger partial charge is 0.125 e. The summed E-state index contributed by atoms with van der Waals surface area (Å²) in [4.78, 5) is 14.8. The maximum atomic E-state index is 13.5. The van der Waals surface area contributed by atoms with Gasteiger partial charge in [0.15, 0.2) is 0 Å². The number of allylic oxidation sites excluding steroid dienone is 3. The highest BCUT2D eigenvalue weighted by Gasteiger charge is 2.27. The van der Waals surface area contributed by atoms with Gasteiger partial charge in [0, 0.05) is 6.07 Å². The highest BCUT2D eigenvalue weighted by molar-refractivity contribution is 5.74. The largest absolute Gasteiger partial charge is 0.341 e. The molecule has 0 saturated carbocycles. The third-order valence-electron chi connectivity index (χ3n) is 5.29. The van der Waals surface area contributed by atoms with Crippen LogP contribution in [0.25, 0.3) is 11.0 Å². The van der Waals surface area contributed by atoms with E-state index in [-0.39, 0.29) is 11.9 Å². The monoisotopic (exact) mass is 383 g/mol. The molecular weight excluding hydrogens is 353 g/mol. The molecule has 0 bridgehead atoms. The molecule has 28 heavy (non-hydrogen) atoms. The van der Waals surface area contributed by atoms with Crippen LogP contribution >= 0.6 is 0 Å². The van der Waals surface area contributed by atoms with Crippen molar-refractivity contribution in [3.8, 4) is 0 Å². The van der Waals surface area contributed by atoms with Gasteiger partial charge in [-0.15, -0.1) is 0 Å². The summed E-state index contributed by atoms with van der Waals surface area (Å²) in [5.74, 6) is 0.574. The van der Waals surface area contributed by atoms with Gasteiger partial charge in [-0.2, -0.15) is 0 Å². The van der Waals surface area contributed by atoms with Crippen molar-refractivity contribution in [1.82, 2.24) is 14.9 Å². The van der Waals surface area contributed by atoms with E-state index in [0.717, 1.165) is 55.7 Å². The Labute approximate surface area is 166 Å². The summed E-state index contributed by atoms with van der Waals surface area (Å²) >= 11 is 0. The molecule has 1 aliphatic carbocycles. The number of H-pyrrole nitrogens is 1. The highest BCUT2D eigenvalue weighted by atomic mass is 19.1. The van der Waals surface area contributed by atoms with E-state index in [9.17, 15) is 4.39 Å². The molecule has 1 aromatic heterocycles. The Morgan fingerprint density at radius 1 is 1.43 bits per heavy atom. The maximum absolute atomic E-state index is 13.5. The molecule has 3 rings (SSSR count). The Morgan fingerprint density at radius 2 is 2.29 bits per heavy atom. The molecule has 0 fully saturated rings. The second-order valence-corrected chi connectivity index (χ2v) is 7.29. The molecule has 1 atom stereocenters. The van der Waals surface area contributed by atoms with E-state index in [1.807, 2.05) is 6.92 Å². The molecule has 2 aromatic rings. The van der Waals surface area contributed by atoms with Gasteiger partial charge in [-0.1, -0.05) is 12.2 Å². The summed E-state index contributed by atoms with van der Waals surface area (Å²) in [5.41, 5.74) is 9.56. The van der Waals surface area contributed by atoms with Gasteiger partial charge in [0.05, 0.1) is 29.3 Å². The van der Waals surface area contributed by atoms with Gasteiger partial charge < -0.3 is 10.7 Å². The van der Waals surface area contributed by atoms with Crippen molar-refractivity contribution >= 4 is 17.8 Å². The first-order valence-electron chi connectivity index (χ1n) is 10.1. The Hall–Kier alpha value is -2.31. The van der Waals surface area contributed by atoms with Crippen LogP contribution in [-0.2, 0) is 6.54 Å². The van der Waals surface area contributed by atoms with Crippen LogP contribution in [0.5, 0.6) is 0 Å². The molecule has 1 heterocycles. The summed E-state index contributed by atoms with van der Waals surface area (Å²) in [6, 6.07) is 4.87. The molecule has 1 aromatic carbocycles. The summed E-state index contributed by atoms with van der Waals surface area (Å²) < 4.78 is 13.5. The normalized spacial score (nSPS) is 17.9. The molecule has 6 heteroatoms. The van der Waals surface area contributed by atoms with Crippen molar-refractivity contribution in [2.45, 2.75) is 51.6 Å². The molecule has 1 unspecified atom stereocenters. The lowest BCUT2D eigenvalue weighted by Crippen LogP contribution is -2.39. The van der Waals surface area contributed by atoms with E-state index < -0.39 is 0 Å². The Morgan fingerprint density at radius 3 is 3.04 bits per heavy atom. The number of imidazole rings is 1. The molecule has 5 nitrogen and oxygen atoms in total. The average Bonchev–Trinajstić information content (AvgIpc) is 3.09. The van der Waals surface area contributed by atoms with E-state index in [2.05, 4.69) is 38.7 Å². The lowest BCUT2D eigenvalue weighted by molar-refractivity contribution is 0.186. The molecule has 0 radical (unpaired) electrons. The van der Waals surface area contributed by atoms with Crippen molar-refractivity contribution in [3.63, 3.8) is 0 Å². The number of nitrogens with one attached hydrogen (secondary N) is 1. The van der Waals surface area contributed by atoms with Crippen LogP contribution in [0.1, 0.15) is 44.9 Å². The number of halogens is 1. The third kappa shape index (κ3) is 4.75. The van der Waals surface area contributed by atoms with Crippen LogP contribution in [0.4, 0.5) is 4.39 Å². The fourth-order valence-corrected chi connectivity index (χ4v) is 4.00. The third-order valence-corrected chi connectivity index (χ3v) is 5.29. The number of aromatic amines is 1. The summed E-state index contributed by atoms with van der Waals surface area (Å²) in [7, 11) is 0. The molecule has 150 valence electrons. The van der Waals surface area contributed by atoms with Crippen molar-refractivity contribution in [3.05, 3.63) is 53.3 Å². The van der Waals surface area contributed by atoms with Gasteiger partial charge in [0.25, 0.3) is 0 Å². The number of aliphatic imine (C=N–C) groups is 1. The second-order valence-electron chi connectivity index (χ2n) is 7.29. The average molecular weight is 384 g/mol. The topological polar surface area (TPSA) is 70.3 Å². The number of rotatable bonds is 9. The van der Waals surface area contributed by atoms with E-state index in [0.29, 0.717) is 18.6 Å². The molecule has 0 spiro atoms. The lowest BCUT2D eigenvalue weighted by Gasteiger charge is -2.35. The zero-order chi connectivity index (χ0) is 19.9. The van der Waals surface area contributed by atoms with Crippen LogP contribution in [0, 0.1) is 5.82 Å². The van der Waals surface area contributed by atoms with Gasteiger partial charge in [-0.3, -0.25) is 9.89 Å². The molecular formula is C22H30FN5. The molecule has 0 saturated heterocycles. The first kappa shape index (κ1) is 20.4. The number of hydrogen-bond acceptors (Lipinski definition) is 4. The van der Waals surface area contributed by atoms with Crippen molar-refractivity contribution in [2.75, 3.05) is 13.1 Å². The minimum atomic E-state index is -0.269. The first-order chi connectivity index (χ1) is 13.7. The number of fused-ring (bicyclic) bond motifs is 1. The number of hydrogen-bond donors (Lipinski definition) is 2. The van der Waals surface area contributed by atoms with Crippen LogP contribution in [0.2, 0.25) is 0 Å². The Kier molecular flexibility index (Phi) is 7.12. The van der Waals surface area contributed by atoms with Crippen LogP contribution < -0.4 is 5.73 Å². The van der Waals surface area contributed by atoms with E-state index in [1.165, 1.54) is 17.7 Å². The molecule has 1 aliphatic rings.